The second-order valence-electron chi connectivity index (χ2n) is 6.83. The van der Waals surface area contributed by atoms with Gasteiger partial charge in [0.05, 0.1) is 18.1 Å². The Morgan fingerprint density at radius 1 is 1.00 bits per heavy atom. The molecule has 9 heteroatoms. The number of amides is 1. The molecule has 0 radical (unpaired) electrons. The summed E-state index contributed by atoms with van der Waals surface area (Å²) in [7, 11) is 0. The number of ether oxygens (including phenoxy) is 1. The molecule has 0 aliphatic rings. The van der Waals surface area contributed by atoms with Gasteiger partial charge in [-0.15, -0.1) is 0 Å². The SMILES string of the molecule is CC(=O)Oc1ccc(CONC(=O)CCC(Cc2cccc(C(=O)O)c2)C(=O)O)cc1. The number of carboxylic acid groups (broad SMARTS) is 2. The van der Waals surface area contributed by atoms with Crippen LogP contribution in [0.2, 0.25) is 0 Å². The van der Waals surface area contributed by atoms with Crippen molar-refractivity contribution in [2.75, 3.05) is 0 Å². The number of esters is 1. The third kappa shape index (κ3) is 8.27. The van der Waals surface area contributed by atoms with Crippen LogP contribution in [0, 0.1) is 5.92 Å². The number of hydrogen-bond acceptors (Lipinski definition) is 6. The van der Waals surface area contributed by atoms with Crippen molar-refractivity contribution in [1.82, 2.24) is 5.48 Å². The Morgan fingerprint density at radius 3 is 2.32 bits per heavy atom. The second kappa shape index (κ2) is 11.5. The lowest BCUT2D eigenvalue weighted by atomic mass is 9.94. The number of aliphatic carboxylic acids is 1. The van der Waals surface area contributed by atoms with Crippen LogP contribution in [0.15, 0.2) is 48.5 Å². The molecule has 0 fully saturated rings. The van der Waals surface area contributed by atoms with Gasteiger partial charge < -0.3 is 14.9 Å². The predicted octanol–water partition coefficient (Wildman–Crippen LogP) is 2.58. The fraction of sp³-hybridized carbons (Fsp3) is 0.273. The highest BCUT2D eigenvalue weighted by molar-refractivity contribution is 5.87. The van der Waals surface area contributed by atoms with Crippen LogP contribution >= 0.6 is 0 Å². The Bertz CT molecular complexity index is 939. The normalized spacial score (nSPS) is 11.4. The van der Waals surface area contributed by atoms with Gasteiger partial charge in [-0.25, -0.2) is 10.3 Å². The van der Waals surface area contributed by atoms with E-state index in [0.29, 0.717) is 11.3 Å². The van der Waals surface area contributed by atoms with Crippen LogP contribution in [0.4, 0.5) is 0 Å². The number of carbonyl (C=O) groups is 4. The molecule has 1 amide bonds. The lowest BCUT2D eigenvalue weighted by molar-refractivity contribution is -0.142. The Morgan fingerprint density at radius 2 is 1.71 bits per heavy atom. The molecule has 0 heterocycles. The molecule has 1 atom stereocenters. The molecule has 0 aromatic heterocycles. The molecule has 2 rings (SSSR count). The van der Waals surface area contributed by atoms with Crippen LogP contribution in [0.3, 0.4) is 0 Å². The number of hydroxylamine groups is 1. The van der Waals surface area contributed by atoms with E-state index < -0.39 is 29.7 Å². The summed E-state index contributed by atoms with van der Waals surface area (Å²) in [5.74, 6) is -3.50. The van der Waals surface area contributed by atoms with Crippen LogP contribution in [-0.4, -0.2) is 34.0 Å². The minimum absolute atomic E-state index is 0.0684. The predicted molar refractivity (Wildman–Crippen MR) is 108 cm³/mol. The fourth-order valence-electron chi connectivity index (χ4n) is 2.80. The Kier molecular flexibility index (Phi) is 8.71. The Balaban J connectivity index is 1.78. The van der Waals surface area contributed by atoms with E-state index in [-0.39, 0.29) is 31.4 Å². The van der Waals surface area contributed by atoms with Gasteiger partial charge in [0.25, 0.3) is 0 Å². The van der Waals surface area contributed by atoms with Gasteiger partial charge in [0.1, 0.15) is 5.75 Å². The lowest BCUT2D eigenvalue weighted by Gasteiger charge is -2.13. The van der Waals surface area contributed by atoms with Crippen LogP contribution in [0.1, 0.15) is 41.3 Å². The zero-order valence-corrected chi connectivity index (χ0v) is 16.9. The van der Waals surface area contributed by atoms with E-state index in [2.05, 4.69) is 5.48 Å². The topological polar surface area (TPSA) is 139 Å². The third-order valence-electron chi connectivity index (χ3n) is 4.33. The molecule has 0 saturated heterocycles. The first-order valence-corrected chi connectivity index (χ1v) is 9.47. The first kappa shape index (κ1) is 23.6. The van der Waals surface area contributed by atoms with Crippen LogP contribution in [0.5, 0.6) is 5.75 Å². The van der Waals surface area contributed by atoms with Crippen LogP contribution in [-0.2, 0) is 32.2 Å². The van der Waals surface area contributed by atoms with Gasteiger partial charge in [-0.1, -0.05) is 24.3 Å². The van der Waals surface area contributed by atoms with Gasteiger partial charge in [-0.05, 0) is 48.2 Å². The molecule has 31 heavy (non-hydrogen) atoms. The Hall–Kier alpha value is -3.72. The highest BCUT2D eigenvalue weighted by Crippen LogP contribution is 2.17. The van der Waals surface area contributed by atoms with E-state index in [9.17, 15) is 24.3 Å². The van der Waals surface area contributed by atoms with E-state index in [1.165, 1.54) is 19.1 Å². The summed E-state index contributed by atoms with van der Waals surface area (Å²) in [6, 6.07) is 12.6. The number of hydrogen-bond donors (Lipinski definition) is 3. The fourth-order valence-corrected chi connectivity index (χ4v) is 2.80. The summed E-state index contributed by atoms with van der Waals surface area (Å²) in [5.41, 5.74) is 3.65. The largest absolute Gasteiger partial charge is 0.481 e. The van der Waals surface area contributed by atoms with Crippen molar-refractivity contribution < 1.29 is 39.0 Å². The molecule has 3 N–H and O–H groups in total. The molecule has 0 bridgehead atoms. The number of carboxylic acids is 2. The molecule has 0 saturated carbocycles. The maximum Gasteiger partial charge on any atom is 0.335 e. The zero-order chi connectivity index (χ0) is 22.8. The van der Waals surface area contributed by atoms with Crippen molar-refractivity contribution in [2.45, 2.75) is 32.8 Å². The molecular weight excluding hydrogens is 406 g/mol. The monoisotopic (exact) mass is 429 g/mol. The van der Waals surface area contributed by atoms with Crippen molar-refractivity contribution in [1.29, 1.82) is 0 Å². The minimum atomic E-state index is -1.09. The quantitative estimate of drug-likeness (QED) is 0.281. The van der Waals surface area contributed by atoms with Crippen molar-refractivity contribution >= 4 is 23.8 Å². The highest BCUT2D eigenvalue weighted by Gasteiger charge is 2.20. The van der Waals surface area contributed by atoms with Gasteiger partial charge in [0.2, 0.25) is 5.91 Å². The summed E-state index contributed by atoms with van der Waals surface area (Å²) in [6.45, 7) is 1.38. The average molecular weight is 429 g/mol. The van der Waals surface area contributed by atoms with Gasteiger partial charge in [-0.2, -0.15) is 0 Å². The number of carbonyl (C=O) groups excluding carboxylic acids is 2. The number of aromatic carboxylic acids is 1. The van der Waals surface area contributed by atoms with Gasteiger partial charge in [-0.3, -0.25) is 19.2 Å². The van der Waals surface area contributed by atoms with Crippen molar-refractivity contribution in [3.8, 4) is 5.75 Å². The summed E-state index contributed by atoms with van der Waals surface area (Å²) in [5, 5.41) is 18.5. The number of nitrogens with one attached hydrogen (secondary N) is 1. The first-order chi connectivity index (χ1) is 14.7. The molecule has 0 aliphatic carbocycles. The molecule has 0 aliphatic heterocycles. The van der Waals surface area contributed by atoms with E-state index in [1.807, 2.05) is 0 Å². The van der Waals surface area contributed by atoms with Crippen LogP contribution in [0.25, 0.3) is 0 Å². The molecule has 164 valence electrons. The summed E-state index contributed by atoms with van der Waals surface area (Å²) in [4.78, 5) is 50.6. The maximum absolute atomic E-state index is 12.0. The second-order valence-corrected chi connectivity index (χ2v) is 6.83. The minimum Gasteiger partial charge on any atom is -0.481 e. The molecule has 2 aromatic rings. The number of rotatable bonds is 11. The smallest absolute Gasteiger partial charge is 0.335 e. The maximum atomic E-state index is 12.0. The molecule has 1 unspecified atom stereocenters. The summed E-state index contributed by atoms with van der Waals surface area (Å²) < 4.78 is 4.92. The number of benzene rings is 2. The van der Waals surface area contributed by atoms with Crippen LogP contribution < -0.4 is 10.2 Å². The van der Waals surface area contributed by atoms with Gasteiger partial charge >= 0.3 is 17.9 Å². The highest BCUT2D eigenvalue weighted by atomic mass is 16.6. The molecular formula is C22H23NO8. The zero-order valence-electron chi connectivity index (χ0n) is 16.9. The summed E-state index contributed by atoms with van der Waals surface area (Å²) in [6.07, 6.45) is 0.110. The molecule has 0 spiro atoms. The van der Waals surface area contributed by atoms with E-state index in [0.717, 1.165) is 5.56 Å². The van der Waals surface area contributed by atoms with Crippen molar-refractivity contribution in [2.24, 2.45) is 5.92 Å². The molecule has 9 nitrogen and oxygen atoms in total. The van der Waals surface area contributed by atoms with E-state index in [1.54, 1.807) is 36.4 Å². The van der Waals surface area contributed by atoms with E-state index >= 15 is 0 Å². The standard InChI is InChI=1S/C22H23NO8/c1-14(24)31-19-8-5-15(6-9-19)13-30-23-20(25)10-7-18(22(28)29)12-16-3-2-4-17(11-16)21(26)27/h2-6,8-9,11,18H,7,10,12-13H2,1H3,(H,23,25)(H,26,27)(H,28,29). The lowest BCUT2D eigenvalue weighted by Crippen LogP contribution is -2.25. The molecule has 2 aromatic carbocycles. The van der Waals surface area contributed by atoms with Gasteiger partial charge in [0.15, 0.2) is 0 Å². The Labute approximate surface area is 178 Å². The first-order valence-electron chi connectivity index (χ1n) is 9.47. The van der Waals surface area contributed by atoms with Crippen molar-refractivity contribution in [3.05, 3.63) is 65.2 Å². The summed E-state index contributed by atoms with van der Waals surface area (Å²) >= 11 is 0. The van der Waals surface area contributed by atoms with Gasteiger partial charge in [0, 0.05) is 13.3 Å². The third-order valence-corrected chi connectivity index (χ3v) is 4.33. The average Bonchev–Trinajstić information content (AvgIpc) is 2.72. The van der Waals surface area contributed by atoms with Crippen molar-refractivity contribution in [3.63, 3.8) is 0 Å². The van der Waals surface area contributed by atoms with E-state index in [4.69, 9.17) is 14.7 Å².